The van der Waals surface area contributed by atoms with Crippen LogP contribution in [0.3, 0.4) is 0 Å². The Bertz CT molecular complexity index is 1100. The molecule has 2 saturated heterocycles. The third-order valence-corrected chi connectivity index (χ3v) is 8.57. The average Bonchev–Trinajstić information content (AvgIpc) is 3.29. The lowest BCUT2D eigenvalue weighted by Crippen LogP contribution is -2.47. The predicted octanol–water partition coefficient (Wildman–Crippen LogP) is 2.98. The van der Waals surface area contributed by atoms with Crippen LogP contribution >= 0.6 is 0 Å². The summed E-state index contributed by atoms with van der Waals surface area (Å²) in [5.74, 6) is 1.30. The first kappa shape index (κ1) is 21.2. The molecule has 3 aromatic rings. The number of pyridine rings is 1. The van der Waals surface area contributed by atoms with Crippen LogP contribution in [0.5, 0.6) is 0 Å². The molecule has 2 aromatic heterocycles. The molecule has 0 radical (unpaired) electrons. The van der Waals surface area contributed by atoms with E-state index in [1.54, 1.807) is 36.5 Å². The average molecular weight is 454 g/mol. The summed E-state index contributed by atoms with van der Waals surface area (Å²) >= 11 is 0. The van der Waals surface area contributed by atoms with Gasteiger partial charge in [-0.3, -0.25) is 4.79 Å². The van der Waals surface area contributed by atoms with E-state index in [1.807, 2.05) is 17.0 Å². The van der Waals surface area contributed by atoms with Crippen LogP contribution < -0.4 is 0 Å². The number of H-pyrrole nitrogens is 1. The van der Waals surface area contributed by atoms with Gasteiger partial charge in [-0.15, -0.1) is 4.31 Å². The monoisotopic (exact) mass is 453 g/mol. The van der Waals surface area contributed by atoms with E-state index in [4.69, 9.17) is 0 Å². The highest BCUT2D eigenvalue weighted by Crippen LogP contribution is 2.31. The molecule has 168 valence electrons. The number of likely N-dealkylation sites (tertiary alicyclic amines) is 1. The van der Waals surface area contributed by atoms with Crippen molar-refractivity contribution in [1.82, 2.24) is 24.2 Å². The van der Waals surface area contributed by atoms with Gasteiger partial charge in [-0.25, -0.2) is 9.97 Å². The van der Waals surface area contributed by atoms with Crippen LogP contribution in [0.15, 0.2) is 53.6 Å². The van der Waals surface area contributed by atoms with Gasteiger partial charge in [-0.05, 0) is 49.9 Å². The van der Waals surface area contributed by atoms with E-state index in [0.29, 0.717) is 49.8 Å². The molecule has 0 aliphatic carbocycles. The Kier molecular flexibility index (Phi) is 5.79. The standard InChI is InChI=1S/C23H27N5O3S/c29-23(18-10-15-28(16-11-18)32(30,31)19-5-2-1-3-6-19)27-13-8-17(9-14-27)21-25-20-7-4-12-24-22(20)26-21/h1-7,12,17-18H,8-11,13-16H2,(H-,24,25,26,30,31). The lowest BCUT2D eigenvalue weighted by Gasteiger charge is -2.37. The topological polar surface area (TPSA) is 105 Å². The van der Waals surface area contributed by atoms with Crippen LogP contribution in [-0.2, 0) is 19.4 Å². The smallest absolute Gasteiger partial charge is 0.225 e. The van der Waals surface area contributed by atoms with Gasteiger partial charge in [0.1, 0.15) is 5.82 Å². The zero-order chi connectivity index (χ0) is 22.1. The van der Waals surface area contributed by atoms with Gasteiger partial charge in [0, 0.05) is 44.2 Å². The molecule has 0 spiro atoms. The van der Waals surface area contributed by atoms with Crippen LogP contribution in [-0.4, -0.2) is 60.8 Å². The van der Waals surface area contributed by atoms with Crippen LogP contribution in [0.1, 0.15) is 37.4 Å². The highest BCUT2D eigenvalue weighted by molar-refractivity contribution is 7.95. The van der Waals surface area contributed by atoms with E-state index in [0.717, 1.165) is 29.8 Å². The molecule has 2 aliphatic heterocycles. The number of piperidine rings is 2. The molecule has 2 fully saturated rings. The summed E-state index contributed by atoms with van der Waals surface area (Å²) in [4.78, 5) is 27.6. The molecule has 1 N–H and O–H groups in total. The molecule has 1 aromatic carbocycles. The van der Waals surface area contributed by atoms with Crippen LogP contribution in [0.25, 0.3) is 11.2 Å². The number of nitrogens with zero attached hydrogens (tertiary/aromatic N) is 4. The number of nitrogens with one attached hydrogen (secondary N) is 1. The number of aromatic nitrogens is 3. The number of carbonyl (C=O) groups excluding carboxylic acids is 1. The summed E-state index contributed by atoms with van der Waals surface area (Å²) in [6.07, 6.45) is 4.62. The Morgan fingerprint density at radius 1 is 1.00 bits per heavy atom. The lowest BCUT2D eigenvalue weighted by molar-refractivity contribution is -0.137. The number of benzene rings is 1. The van der Waals surface area contributed by atoms with Gasteiger partial charge in [0.2, 0.25) is 5.91 Å². The second-order valence-electron chi connectivity index (χ2n) is 8.59. The van der Waals surface area contributed by atoms with Crippen molar-refractivity contribution >= 4 is 27.5 Å². The third-order valence-electron chi connectivity index (χ3n) is 6.65. The largest absolute Gasteiger partial charge is 0.593 e. The zero-order valence-corrected chi connectivity index (χ0v) is 18.7. The molecule has 8 nitrogen and oxygen atoms in total. The van der Waals surface area contributed by atoms with Gasteiger partial charge in [0.05, 0.1) is 5.52 Å². The van der Waals surface area contributed by atoms with E-state index < -0.39 is 10.4 Å². The predicted molar refractivity (Wildman–Crippen MR) is 120 cm³/mol. The third kappa shape index (κ3) is 4.07. The number of aromatic amines is 1. The van der Waals surface area contributed by atoms with Crippen molar-refractivity contribution in [3.63, 3.8) is 0 Å². The highest BCUT2D eigenvalue weighted by Gasteiger charge is 2.37. The summed E-state index contributed by atoms with van der Waals surface area (Å²) in [7, 11) is -3.49. The number of hydrogen-bond acceptors (Lipinski definition) is 5. The lowest BCUT2D eigenvalue weighted by atomic mass is 9.92. The second-order valence-corrected chi connectivity index (χ2v) is 10.5. The second kappa shape index (κ2) is 8.73. The quantitative estimate of drug-likeness (QED) is 0.612. The fourth-order valence-electron chi connectivity index (χ4n) is 4.77. The molecule has 1 amide bonds. The number of carbonyl (C=O) groups is 1. The number of fused-ring (bicyclic) bond motifs is 1. The molecule has 1 unspecified atom stereocenters. The Morgan fingerprint density at radius 2 is 1.72 bits per heavy atom. The first-order valence-electron chi connectivity index (χ1n) is 11.2. The van der Waals surface area contributed by atoms with E-state index in [9.17, 15) is 13.6 Å². The fourth-order valence-corrected chi connectivity index (χ4v) is 6.26. The maximum Gasteiger partial charge on any atom is 0.225 e. The Morgan fingerprint density at radius 3 is 2.41 bits per heavy atom. The van der Waals surface area contributed by atoms with Gasteiger partial charge in [-0.2, -0.15) is 0 Å². The fraction of sp³-hybridized carbons (Fsp3) is 0.435. The number of imidazole rings is 1. The number of rotatable bonds is 4. The molecule has 2 aliphatic rings. The van der Waals surface area contributed by atoms with Crippen molar-refractivity contribution in [2.75, 3.05) is 26.2 Å². The maximum absolute atomic E-state index is 13.1. The minimum Gasteiger partial charge on any atom is -0.593 e. The summed E-state index contributed by atoms with van der Waals surface area (Å²) in [5, 5.41) is 0. The maximum atomic E-state index is 13.1. The van der Waals surface area contributed by atoms with Gasteiger partial charge in [0.15, 0.2) is 20.9 Å². The molecule has 0 saturated carbocycles. The van der Waals surface area contributed by atoms with E-state index in [-0.39, 0.29) is 11.8 Å². The Labute approximate surface area is 188 Å². The van der Waals surface area contributed by atoms with Gasteiger partial charge < -0.3 is 14.4 Å². The van der Waals surface area contributed by atoms with Crippen molar-refractivity contribution in [2.24, 2.45) is 5.92 Å². The molecule has 0 bridgehead atoms. The molecular formula is C23H27N5O3S. The summed E-state index contributed by atoms with van der Waals surface area (Å²) in [6.45, 7) is 2.18. The van der Waals surface area contributed by atoms with Crippen molar-refractivity contribution in [1.29, 1.82) is 0 Å². The normalized spacial score (nSPS) is 21.0. The van der Waals surface area contributed by atoms with E-state index >= 15 is 0 Å². The number of hydrogen-bond donors (Lipinski definition) is 1. The molecular weight excluding hydrogens is 426 g/mol. The van der Waals surface area contributed by atoms with Gasteiger partial charge in [-0.1, -0.05) is 22.4 Å². The SMILES string of the molecule is O=C(C1CCN([S+](=O)([O-])c2ccccc2)CC1)N1CCC(c2nc3ncccc3[nH]2)CC1. The van der Waals surface area contributed by atoms with E-state index in [2.05, 4.69) is 15.0 Å². The minimum atomic E-state index is -3.49. The van der Waals surface area contributed by atoms with Crippen LogP contribution in [0.4, 0.5) is 0 Å². The van der Waals surface area contributed by atoms with Crippen LogP contribution in [0.2, 0.25) is 0 Å². The molecule has 1 atom stereocenters. The van der Waals surface area contributed by atoms with Gasteiger partial charge in [0.25, 0.3) is 0 Å². The first-order valence-corrected chi connectivity index (χ1v) is 12.6. The van der Waals surface area contributed by atoms with Crippen molar-refractivity contribution in [2.45, 2.75) is 36.5 Å². The Hall–Kier alpha value is -2.62. The summed E-state index contributed by atoms with van der Waals surface area (Å²) in [6, 6.07) is 12.4. The van der Waals surface area contributed by atoms with Crippen molar-refractivity contribution in [3.8, 4) is 0 Å². The number of sulfonamides is 1. The van der Waals surface area contributed by atoms with Gasteiger partial charge >= 0.3 is 0 Å². The molecule has 32 heavy (non-hydrogen) atoms. The number of amides is 1. The van der Waals surface area contributed by atoms with E-state index in [1.165, 1.54) is 4.31 Å². The van der Waals surface area contributed by atoms with Crippen LogP contribution in [0, 0.1) is 5.92 Å². The molecule has 4 heterocycles. The van der Waals surface area contributed by atoms with Crippen molar-refractivity contribution in [3.05, 3.63) is 54.5 Å². The van der Waals surface area contributed by atoms with Crippen molar-refractivity contribution < 1.29 is 13.6 Å². The summed E-state index contributed by atoms with van der Waals surface area (Å²) in [5.41, 5.74) is 1.68. The molecule has 5 rings (SSSR count). The Balaban J connectivity index is 1.16. The minimum absolute atomic E-state index is 0.107. The first-order chi connectivity index (χ1) is 15.5. The molecule has 9 heteroatoms. The highest BCUT2D eigenvalue weighted by atomic mass is 32.3. The zero-order valence-electron chi connectivity index (χ0n) is 17.9. The summed E-state index contributed by atoms with van der Waals surface area (Å²) < 4.78 is 27.1.